The van der Waals surface area contributed by atoms with Crippen LogP contribution in [0.1, 0.15) is 25.3 Å². The van der Waals surface area contributed by atoms with Crippen LogP contribution in [-0.4, -0.2) is 13.2 Å². The van der Waals surface area contributed by atoms with E-state index in [0.717, 1.165) is 17.8 Å². The average Bonchev–Trinajstić information content (AvgIpc) is 3.03. The molecule has 4 unspecified atom stereocenters. The maximum Gasteiger partial charge on any atom is 0.0733 e. The Morgan fingerprint density at radius 1 is 1.26 bits per heavy atom. The van der Waals surface area contributed by atoms with Crippen molar-refractivity contribution >= 4 is 5.69 Å². The molecule has 1 N–H and O–H groups in total. The van der Waals surface area contributed by atoms with Gasteiger partial charge in [0.2, 0.25) is 0 Å². The molecule has 19 heavy (non-hydrogen) atoms. The van der Waals surface area contributed by atoms with Crippen molar-refractivity contribution in [2.45, 2.75) is 32.4 Å². The van der Waals surface area contributed by atoms with Crippen LogP contribution in [0, 0.1) is 17.8 Å². The fourth-order valence-corrected chi connectivity index (χ4v) is 3.69. The summed E-state index contributed by atoms with van der Waals surface area (Å²) in [4.78, 5) is 0. The van der Waals surface area contributed by atoms with Crippen molar-refractivity contribution in [2.75, 3.05) is 12.4 Å². The van der Waals surface area contributed by atoms with Crippen molar-refractivity contribution in [3.63, 3.8) is 0 Å². The molecule has 1 saturated carbocycles. The Morgan fingerprint density at radius 2 is 2.11 bits per heavy atom. The number of benzene rings is 1. The van der Waals surface area contributed by atoms with Crippen LogP contribution < -0.4 is 5.32 Å². The highest BCUT2D eigenvalue weighted by Gasteiger charge is 2.38. The number of ether oxygens (including phenoxy) is 1. The highest BCUT2D eigenvalue weighted by Crippen LogP contribution is 2.45. The first-order valence-corrected chi connectivity index (χ1v) is 7.29. The Morgan fingerprint density at radius 3 is 2.79 bits per heavy atom. The van der Waals surface area contributed by atoms with Gasteiger partial charge in [-0.2, -0.15) is 0 Å². The van der Waals surface area contributed by atoms with Crippen molar-refractivity contribution < 1.29 is 4.74 Å². The minimum absolute atomic E-state index is 0.526. The van der Waals surface area contributed by atoms with Crippen LogP contribution >= 0.6 is 0 Å². The van der Waals surface area contributed by atoms with Gasteiger partial charge in [-0.1, -0.05) is 30.4 Å². The van der Waals surface area contributed by atoms with Gasteiger partial charge in [-0.15, -0.1) is 0 Å². The lowest BCUT2D eigenvalue weighted by Gasteiger charge is -2.28. The molecule has 0 spiro atoms. The molecular weight excluding hydrogens is 234 g/mol. The van der Waals surface area contributed by atoms with Crippen molar-refractivity contribution in [3.8, 4) is 0 Å². The second kappa shape index (κ2) is 5.38. The van der Waals surface area contributed by atoms with E-state index in [1.54, 1.807) is 7.11 Å². The lowest BCUT2D eigenvalue weighted by atomic mass is 9.87. The highest BCUT2D eigenvalue weighted by atomic mass is 16.5. The Hall–Kier alpha value is -1.28. The molecule has 2 heteroatoms. The molecule has 2 bridgehead atoms. The maximum atomic E-state index is 5.27. The molecule has 0 amide bonds. The van der Waals surface area contributed by atoms with E-state index in [1.807, 2.05) is 0 Å². The average molecular weight is 257 g/mol. The zero-order valence-corrected chi connectivity index (χ0v) is 11.8. The normalized spacial score (nSPS) is 29.7. The van der Waals surface area contributed by atoms with Gasteiger partial charge in [0.1, 0.15) is 0 Å². The van der Waals surface area contributed by atoms with E-state index in [4.69, 9.17) is 4.74 Å². The minimum Gasteiger partial charge on any atom is -0.382 e. The number of hydrogen-bond acceptors (Lipinski definition) is 2. The van der Waals surface area contributed by atoms with E-state index < -0.39 is 0 Å². The molecule has 0 radical (unpaired) electrons. The fourth-order valence-electron chi connectivity index (χ4n) is 3.69. The van der Waals surface area contributed by atoms with Gasteiger partial charge < -0.3 is 10.1 Å². The van der Waals surface area contributed by atoms with Gasteiger partial charge in [-0.25, -0.2) is 0 Å². The van der Waals surface area contributed by atoms with Gasteiger partial charge in [-0.05, 0) is 43.6 Å². The number of nitrogens with one attached hydrogen (secondary N) is 1. The third-order valence-electron chi connectivity index (χ3n) is 4.67. The Bertz CT molecular complexity index is 468. The third kappa shape index (κ3) is 2.55. The SMILES string of the molecule is COCc1ccccc1NC(C)C1CC2C=CC1C2. The smallest absolute Gasteiger partial charge is 0.0733 e. The molecule has 1 aromatic carbocycles. The number of hydrogen-bond donors (Lipinski definition) is 1. The summed E-state index contributed by atoms with van der Waals surface area (Å²) in [6.45, 7) is 3.00. The van der Waals surface area contributed by atoms with E-state index in [1.165, 1.54) is 24.1 Å². The summed E-state index contributed by atoms with van der Waals surface area (Å²) in [6, 6.07) is 8.99. The first kappa shape index (κ1) is 12.7. The summed E-state index contributed by atoms with van der Waals surface area (Å²) in [5.41, 5.74) is 2.47. The summed E-state index contributed by atoms with van der Waals surface area (Å²) >= 11 is 0. The second-order valence-corrected chi connectivity index (χ2v) is 5.97. The van der Waals surface area contributed by atoms with Crippen molar-refractivity contribution in [1.82, 2.24) is 0 Å². The predicted molar refractivity (Wildman–Crippen MR) is 79.1 cm³/mol. The van der Waals surface area contributed by atoms with Crippen LogP contribution in [0.4, 0.5) is 5.69 Å². The molecule has 3 rings (SSSR count). The number of para-hydroxylation sites is 1. The topological polar surface area (TPSA) is 21.3 Å². The molecule has 1 aromatic rings. The molecule has 0 aliphatic heterocycles. The van der Waals surface area contributed by atoms with Crippen molar-refractivity contribution in [2.24, 2.45) is 17.8 Å². The maximum absolute atomic E-state index is 5.27. The van der Waals surface area contributed by atoms with Crippen LogP contribution in [0.15, 0.2) is 36.4 Å². The number of allylic oxidation sites excluding steroid dienone is 2. The quantitative estimate of drug-likeness (QED) is 0.809. The first-order valence-electron chi connectivity index (χ1n) is 7.29. The zero-order valence-electron chi connectivity index (χ0n) is 11.8. The molecule has 2 aliphatic carbocycles. The van der Waals surface area contributed by atoms with Crippen molar-refractivity contribution in [3.05, 3.63) is 42.0 Å². The van der Waals surface area contributed by atoms with E-state index in [9.17, 15) is 0 Å². The molecular formula is C17H23NO. The van der Waals surface area contributed by atoms with E-state index >= 15 is 0 Å². The van der Waals surface area contributed by atoms with Crippen LogP contribution in [0.25, 0.3) is 0 Å². The molecule has 4 atom stereocenters. The Balaban J connectivity index is 1.69. The number of rotatable bonds is 5. The molecule has 0 saturated heterocycles. The third-order valence-corrected chi connectivity index (χ3v) is 4.67. The van der Waals surface area contributed by atoms with Crippen molar-refractivity contribution in [1.29, 1.82) is 0 Å². The summed E-state index contributed by atoms with van der Waals surface area (Å²) < 4.78 is 5.27. The van der Waals surface area contributed by atoms with Crippen LogP contribution in [0.2, 0.25) is 0 Å². The summed E-state index contributed by atoms with van der Waals surface area (Å²) in [5, 5.41) is 3.71. The van der Waals surface area contributed by atoms with Crippen LogP contribution in [0.3, 0.4) is 0 Å². The van der Waals surface area contributed by atoms with Gasteiger partial charge in [0.15, 0.2) is 0 Å². The molecule has 2 aliphatic rings. The van der Waals surface area contributed by atoms with Gasteiger partial charge >= 0.3 is 0 Å². The molecule has 0 heterocycles. The zero-order chi connectivity index (χ0) is 13.2. The Labute approximate surface area is 115 Å². The monoisotopic (exact) mass is 257 g/mol. The lowest BCUT2D eigenvalue weighted by molar-refractivity contribution is 0.185. The molecule has 102 valence electrons. The van der Waals surface area contributed by atoms with E-state index in [2.05, 4.69) is 48.7 Å². The molecule has 1 fully saturated rings. The number of fused-ring (bicyclic) bond motifs is 2. The van der Waals surface area contributed by atoms with Crippen LogP contribution in [-0.2, 0) is 11.3 Å². The molecule has 2 nitrogen and oxygen atoms in total. The molecule has 0 aromatic heterocycles. The largest absolute Gasteiger partial charge is 0.382 e. The minimum atomic E-state index is 0.526. The number of anilines is 1. The lowest BCUT2D eigenvalue weighted by Crippen LogP contribution is -2.29. The highest BCUT2D eigenvalue weighted by molar-refractivity contribution is 5.51. The summed E-state index contributed by atoms with van der Waals surface area (Å²) in [7, 11) is 1.75. The number of methoxy groups -OCH3 is 1. The summed E-state index contributed by atoms with van der Waals surface area (Å²) in [6.07, 6.45) is 7.56. The first-order chi connectivity index (χ1) is 9.28. The Kier molecular flexibility index (Phi) is 3.61. The standard InChI is InChI=1S/C17H23NO/c1-12(16-10-13-7-8-14(16)9-13)18-17-6-4-3-5-15(17)11-19-2/h3-8,12-14,16,18H,9-11H2,1-2H3. The predicted octanol–water partition coefficient (Wildman–Crippen LogP) is 3.85. The van der Waals surface area contributed by atoms with Gasteiger partial charge in [0, 0.05) is 24.4 Å². The fraction of sp³-hybridized carbons (Fsp3) is 0.529. The van der Waals surface area contributed by atoms with Crippen LogP contribution in [0.5, 0.6) is 0 Å². The second-order valence-electron chi connectivity index (χ2n) is 5.97. The van der Waals surface area contributed by atoms with E-state index in [-0.39, 0.29) is 0 Å². The van der Waals surface area contributed by atoms with Gasteiger partial charge in [0.25, 0.3) is 0 Å². The van der Waals surface area contributed by atoms with Gasteiger partial charge in [-0.3, -0.25) is 0 Å². The summed E-state index contributed by atoms with van der Waals surface area (Å²) in [5.74, 6) is 2.42. The van der Waals surface area contributed by atoms with E-state index in [0.29, 0.717) is 12.6 Å². The van der Waals surface area contributed by atoms with Gasteiger partial charge in [0.05, 0.1) is 6.61 Å².